The zero-order valence-electron chi connectivity index (χ0n) is 12.2. The number of aryl methyl sites for hydroxylation is 1. The van der Waals surface area contributed by atoms with Crippen LogP contribution in [-0.4, -0.2) is 32.2 Å². The van der Waals surface area contributed by atoms with Gasteiger partial charge in [0.2, 0.25) is 0 Å². The van der Waals surface area contributed by atoms with Crippen molar-refractivity contribution in [2.24, 2.45) is 0 Å². The molecular formula is C15H24N2O2. The molecule has 0 aromatic heterocycles. The molecule has 2 N–H and O–H groups in total. The van der Waals surface area contributed by atoms with E-state index in [9.17, 15) is 4.79 Å². The largest absolute Gasteiger partial charge is 0.385 e. The number of ether oxygens (including phenoxy) is 1. The first-order chi connectivity index (χ1) is 9.08. The molecule has 0 heterocycles. The molecule has 106 valence electrons. The number of nitrogens with one attached hydrogen (secondary N) is 2. The van der Waals surface area contributed by atoms with E-state index in [1.807, 2.05) is 32.0 Å². The number of rotatable bonds is 7. The summed E-state index contributed by atoms with van der Waals surface area (Å²) in [5.41, 5.74) is 2.75. The zero-order chi connectivity index (χ0) is 14.3. The van der Waals surface area contributed by atoms with Gasteiger partial charge in [-0.25, -0.2) is 0 Å². The Morgan fingerprint density at radius 2 is 2.16 bits per heavy atom. The average Bonchev–Trinajstić information content (AvgIpc) is 2.42. The third-order valence-electron chi connectivity index (χ3n) is 3.00. The van der Waals surface area contributed by atoms with Gasteiger partial charge in [0, 0.05) is 31.5 Å². The van der Waals surface area contributed by atoms with Crippen LogP contribution in [0.15, 0.2) is 18.2 Å². The normalized spacial score (nSPS) is 12.0. The predicted octanol–water partition coefficient (Wildman–Crippen LogP) is 2.58. The van der Waals surface area contributed by atoms with Gasteiger partial charge in [-0.15, -0.1) is 0 Å². The summed E-state index contributed by atoms with van der Waals surface area (Å²) in [5.74, 6) is -0.0524. The molecule has 0 saturated heterocycles. The van der Waals surface area contributed by atoms with Crippen LogP contribution < -0.4 is 10.6 Å². The summed E-state index contributed by atoms with van der Waals surface area (Å²) >= 11 is 0. The van der Waals surface area contributed by atoms with Gasteiger partial charge in [0.25, 0.3) is 5.91 Å². The number of hydrogen-bond acceptors (Lipinski definition) is 3. The smallest absolute Gasteiger partial charge is 0.251 e. The standard InChI is InChI=1S/C15H24N2O2/c1-5-8-16-13-6-7-14(11(2)9-13)15(18)17-10-12(3)19-4/h6-7,9,12,16H,5,8,10H2,1-4H3,(H,17,18). The van der Waals surface area contributed by atoms with Crippen molar-refractivity contribution in [3.05, 3.63) is 29.3 Å². The third kappa shape index (κ3) is 4.91. The summed E-state index contributed by atoms with van der Waals surface area (Å²) < 4.78 is 5.11. The summed E-state index contributed by atoms with van der Waals surface area (Å²) in [5, 5.41) is 6.18. The number of carbonyl (C=O) groups excluding carboxylic acids is 1. The second-order valence-electron chi connectivity index (χ2n) is 4.71. The maximum absolute atomic E-state index is 12.0. The van der Waals surface area contributed by atoms with Crippen molar-refractivity contribution in [2.75, 3.05) is 25.5 Å². The van der Waals surface area contributed by atoms with E-state index in [2.05, 4.69) is 17.6 Å². The van der Waals surface area contributed by atoms with Gasteiger partial charge in [0.15, 0.2) is 0 Å². The molecule has 0 aliphatic rings. The van der Waals surface area contributed by atoms with Gasteiger partial charge >= 0.3 is 0 Å². The zero-order valence-corrected chi connectivity index (χ0v) is 12.2. The number of amides is 1. The lowest BCUT2D eigenvalue weighted by Crippen LogP contribution is -2.31. The van der Waals surface area contributed by atoms with Crippen LogP contribution in [-0.2, 0) is 4.74 Å². The van der Waals surface area contributed by atoms with E-state index < -0.39 is 0 Å². The Morgan fingerprint density at radius 1 is 1.42 bits per heavy atom. The third-order valence-corrected chi connectivity index (χ3v) is 3.00. The van der Waals surface area contributed by atoms with Crippen molar-refractivity contribution in [1.29, 1.82) is 0 Å². The minimum absolute atomic E-state index is 0.0229. The van der Waals surface area contributed by atoms with E-state index >= 15 is 0 Å². The van der Waals surface area contributed by atoms with E-state index in [0.29, 0.717) is 12.1 Å². The van der Waals surface area contributed by atoms with Crippen LogP contribution in [0.4, 0.5) is 5.69 Å². The molecule has 0 bridgehead atoms. The maximum atomic E-state index is 12.0. The molecule has 0 aliphatic heterocycles. The summed E-state index contributed by atoms with van der Waals surface area (Å²) in [6, 6.07) is 5.81. The highest BCUT2D eigenvalue weighted by Crippen LogP contribution is 2.15. The van der Waals surface area contributed by atoms with Gasteiger partial charge in [0.1, 0.15) is 0 Å². The maximum Gasteiger partial charge on any atom is 0.251 e. The molecule has 0 saturated carbocycles. The van der Waals surface area contributed by atoms with Crippen molar-refractivity contribution in [3.8, 4) is 0 Å². The van der Waals surface area contributed by atoms with Crippen LogP contribution in [0.25, 0.3) is 0 Å². The lowest BCUT2D eigenvalue weighted by Gasteiger charge is -2.13. The molecule has 0 fully saturated rings. The number of benzene rings is 1. The van der Waals surface area contributed by atoms with E-state index in [1.54, 1.807) is 7.11 Å². The van der Waals surface area contributed by atoms with Crippen molar-refractivity contribution >= 4 is 11.6 Å². The predicted molar refractivity (Wildman–Crippen MR) is 78.8 cm³/mol. The Kier molecular flexibility index (Phi) is 6.36. The molecule has 0 aliphatic carbocycles. The first-order valence-electron chi connectivity index (χ1n) is 6.74. The van der Waals surface area contributed by atoms with E-state index in [0.717, 1.165) is 24.2 Å². The lowest BCUT2D eigenvalue weighted by atomic mass is 10.1. The first-order valence-corrected chi connectivity index (χ1v) is 6.74. The highest BCUT2D eigenvalue weighted by Gasteiger charge is 2.10. The highest BCUT2D eigenvalue weighted by molar-refractivity contribution is 5.96. The van der Waals surface area contributed by atoms with E-state index in [1.165, 1.54) is 0 Å². The minimum atomic E-state index is -0.0524. The fraction of sp³-hybridized carbons (Fsp3) is 0.533. The first kappa shape index (κ1) is 15.5. The number of anilines is 1. The van der Waals surface area contributed by atoms with Gasteiger partial charge < -0.3 is 15.4 Å². The number of methoxy groups -OCH3 is 1. The summed E-state index contributed by atoms with van der Waals surface area (Å²) in [7, 11) is 1.64. The van der Waals surface area contributed by atoms with Crippen molar-refractivity contribution in [1.82, 2.24) is 5.32 Å². The van der Waals surface area contributed by atoms with Crippen LogP contribution in [0.1, 0.15) is 36.2 Å². The van der Waals surface area contributed by atoms with E-state index in [-0.39, 0.29) is 12.0 Å². The molecular weight excluding hydrogens is 240 g/mol. The van der Waals surface area contributed by atoms with Crippen LogP contribution >= 0.6 is 0 Å². The van der Waals surface area contributed by atoms with Crippen molar-refractivity contribution in [2.45, 2.75) is 33.3 Å². The van der Waals surface area contributed by atoms with E-state index in [4.69, 9.17) is 4.74 Å². The summed E-state index contributed by atoms with van der Waals surface area (Å²) in [4.78, 5) is 12.0. The fourth-order valence-corrected chi connectivity index (χ4v) is 1.71. The molecule has 1 rings (SSSR count). The lowest BCUT2D eigenvalue weighted by molar-refractivity contribution is 0.0870. The monoisotopic (exact) mass is 264 g/mol. The summed E-state index contributed by atoms with van der Waals surface area (Å²) in [6.45, 7) is 7.45. The molecule has 1 aromatic rings. The van der Waals surface area contributed by atoms with Gasteiger partial charge in [-0.2, -0.15) is 0 Å². The molecule has 4 heteroatoms. The molecule has 1 atom stereocenters. The van der Waals surface area contributed by atoms with Crippen LogP contribution in [0.5, 0.6) is 0 Å². The number of hydrogen-bond donors (Lipinski definition) is 2. The van der Waals surface area contributed by atoms with Gasteiger partial charge in [0.05, 0.1) is 6.10 Å². The van der Waals surface area contributed by atoms with Crippen molar-refractivity contribution in [3.63, 3.8) is 0 Å². The Balaban J connectivity index is 2.65. The Labute approximate surface area is 115 Å². The molecule has 0 radical (unpaired) electrons. The molecule has 1 unspecified atom stereocenters. The fourth-order valence-electron chi connectivity index (χ4n) is 1.71. The topological polar surface area (TPSA) is 50.4 Å². The second-order valence-corrected chi connectivity index (χ2v) is 4.71. The average molecular weight is 264 g/mol. The minimum Gasteiger partial charge on any atom is -0.385 e. The Hall–Kier alpha value is -1.55. The van der Waals surface area contributed by atoms with Crippen molar-refractivity contribution < 1.29 is 9.53 Å². The Bertz CT molecular complexity index is 419. The summed E-state index contributed by atoms with van der Waals surface area (Å²) in [6.07, 6.45) is 1.10. The Morgan fingerprint density at radius 3 is 2.74 bits per heavy atom. The van der Waals surface area contributed by atoms with Crippen LogP contribution in [0.3, 0.4) is 0 Å². The van der Waals surface area contributed by atoms with Gasteiger partial charge in [-0.1, -0.05) is 6.92 Å². The molecule has 1 aromatic carbocycles. The molecule has 0 spiro atoms. The van der Waals surface area contributed by atoms with Gasteiger partial charge in [-0.05, 0) is 44.0 Å². The number of carbonyl (C=O) groups is 1. The van der Waals surface area contributed by atoms with Gasteiger partial charge in [-0.3, -0.25) is 4.79 Å². The highest BCUT2D eigenvalue weighted by atomic mass is 16.5. The molecule has 1 amide bonds. The van der Waals surface area contributed by atoms with Crippen LogP contribution in [0.2, 0.25) is 0 Å². The SMILES string of the molecule is CCCNc1ccc(C(=O)NCC(C)OC)c(C)c1. The second kappa shape index (κ2) is 7.79. The van der Waals surface area contributed by atoms with Crippen LogP contribution in [0, 0.1) is 6.92 Å². The molecule has 4 nitrogen and oxygen atoms in total. The molecule has 19 heavy (non-hydrogen) atoms. The quantitative estimate of drug-likeness (QED) is 0.796.